The van der Waals surface area contributed by atoms with E-state index < -0.39 is 0 Å². The standard InChI is InChI=1S/C8H16N2O/c1-6-3-4-8(2,5-6)7(11)10-9/h6H,3-5,9H2,1-2H3,(H,10,11)/t6-,8+/m0/s1. The molecule has 0 radical (unpaired) electrons. The summed E-state index contributed by atoms with van der Waals surface area (Å²) in [6.45, 7) is 4.16. The summed E-state index contributed by atoms with van der Waals surface area (Å²) in [6.07, 6.45) is 3.08. The van der Waals surface area contributed by atoms with Crippen LogP contribution in [0.25, 0.3) is 0 Å². The Morgan fingerprint density at radius 2 is 2.36 bits per heavy atom. The van der Waals surface area contributed by atoms with Crippen LogP contribution in [0.1, 0.15) is 33.1 Å². The van der Waals surface area contributed by atoms with Crippen LogP contribution in [0.3, 0.4) is 0 Å². The Bertz CT molecular complexity index is 169. The Labute approximate surface area is 67.3 Å². The van der Waals surface area contributed by atoms with Crippen LogP contribution in [-0.4, -0.2) is 5.91 Å². The zero-order valence-electron chi connectivity index (χ0n) is 7.18. The zero-order valence-corrected chi connectivity index (χ0v) is 7.18. The van der Waals surface area contributed by atoms with Gasteiger partial charge in [0.15, 0.2) is 0 Å². The second-order valence-electron chi connectivity index (χ2n) is 3.88. The van der Waals surface area contributed by atoms with Gasteiger partial charge < -0.3 is 0 Å². The molecule has 2 atom stereocenters. The van der Waals surface area contributed by atoms with Gasteiger partial charge in [0.05, 0.1) is 0 Å². The van der Waals surface area contributed by atoms with Gasteiger partial charge in [-0.3, -0.25) is 10.2 Å². The molecule has 0 aromatic rings. The number of rotatable bonds is 1. The molecule has 0 spiro atoms. The molecule has 3 N–H and O–H groups in total. The van der Waals surface area contributed by atoms with Crippen LogP contribution in [0.15, 0.2) is 0 Å². The molecule has 0 unspecified atom stereocenters. The van der Waals surface area contributed by atoms with Crippen molar-refractivity contribution in [2.24, 2.45) is 17.2 Å². The van der Waals surface area contributed by atoms with Crippen LogP contribution in [0.5, 0.6) is 0 Å². The molecule has 1 amide bonds. The number of amides is 1. The molecule has 1 rings (SSSR count). The molecular weight excluding hydrogens is 140 g/mol. The highest BCUT2D eigenvalue weighted by molar-refractivity contribution is 5.81. The van der Waals surface area contributed by atoms with Crippen molar-refractivity contribution in [2.75, 3.05) is 0 Å². The van der Waals surface area contributed by atoms with E-state index in [1.165, 1.54) is 0 Å². The fourth-order valence-electron chi connectivity index (χ4n) is 1.92. The van der Waals surface area contributed by atoms with Gasteiger partial charge in [0, 0.05) is 5.41 Å². The highest BCUT2D eigenvalue weighted by Gasteiger charge is 2.38. The van der Waals surface area contributed by atoms with Gasteiger partial charge in [0.1, 0.15) is 0 Å². The monoisotopic (exact) mass is 156 g/mol. The first-order valence-electron chi connectivity index (χ1n) is 4.09. The van der Waals surface area contributed by atoms with Gasteiger partial charge in [-0.15, -0.1) is 0 Å². The average molecular weight is 156 g/mol. The van der Waals surface area contributed by atoms with Gasteiger partial charge in [-0.25, -0.2) is 5.84 Å². The number of hydrogen-bond donors (Lipinski definition) is 2. The quantitative estimate of drug-likeness (QED) is 0.335. The third-order valence-corrected chi connectivity index (χ3v) is 2.67. The SMILES string of the molecule is C[C@H]1CC[C@@](C)(C(=O)NN)C1. The zero-order chi connectivity index (χ0) is 8.48. The van der Waals surface area contributed by atoms with E-state index in [9.17, 15) is 4.79 Å². The molecule has 0 heterocycles. The molecule has 1 saturated carbocycles. The topological polar surface area (TPSA) is 55.1 Å². The van der Waals surface area contributed by atoms with E-state index in [-0.39, 0.29) is 11.3 Å². The lowest BCUT2D eigenvalue weighted by atomic mass is 9.87. The lowest BCUT2D eigenvalue weighted by Crippen LogP contribution is -2.41. The summed E-state index contributed by atoms with van der Waals surface area (Å²) in [5, 5.41) is 0. The maximum atomic E-state index is 11.2. The first kappa shape index (κ1) is 8.53. The summed E-state index contributed by atoms with van der Waals surface area (Å²) in [4.78, 5) is 11.2. The Morgan fingerprint density at radius 3 is 2.73 bits per heavy atom. The molecule has 1 aliphatic rings. The van der Waals surface area contributed by atoms with Crippen LogP contribution in [0.4, 0.5) is 0 Å². The van der Waals surface area contributed by atoms with Crippen molar-refractivity contribution in [3.8, 4) is 0 Å². The van der Waals surface area contributed by atoms with Crippen LogP contribution in [-0.2, 0) is 4.79 Å². The van der Waals surface area contributed by atoms with E-state index in [1.807, 2.05) is 6.92 Å². The van der Waals surface area contributed by atoms with Crippen molar-refractivity contribution in [3.63, 3.8) is 0 Å². The summed E-state index contributed by atoms with van der Waals surface area (Å²) in [7, 11) is 0. The van der Waals surface area contributed by atoms with Gasteiger partial charge in [-0.2, -0.15) is 0 Å². The highest BCUT2D eigenvalue weighted by Crippen LogP contribution is 2.40. The minimum Gasteiger partial charge on any atom is -0.294 e. The lowest BCUT2D eigenvalue weighted by molar-refractivity contribution is -0.130. The van der Waals surface area contributed by atoms with E-state index in [0.717, 1.165) is 19.3 Å². The first-order chi connectivity index (χ1) is 5.08. The second kappa shape index (κ2) is 2.81. The minimum absolute atomic E-state index is 0.0122. The fourth-order valence-corrected chi connectivity index (χ4v) is 1.92. The predicted octanol–water partition coefficient (Wildman–Crippen LogP) is 0.803. The van der Waals surface area contributed by atoms with E-state index in [2.05, 4.69) is 12.3 Å². The number of hydrogen-bond acceptors (Lipinski definition) is 2. The van der Waals surface area contributed by atoms with Crippen LogP contribution >= 0.6 is 0 Å². The van der Waals surface area contributed by atoms with Crippen LogP contribution in [0.2, 0.25) is 0 Å². The van der Waals surface area contributed by atoms with E-state index in [0.29, 0.717) is 5.92 Å². The predicted molar refractivity (Wildman–Crippen MR) is 43.5 cm³/mol. The number of carbonyl (C=O) groups is 1. The van der Waals surface area contributed by atoms with Crippen molar-refractivity contribution < 1.29 is 4.79 Å². The molecule has 11 heavy (non-hydrogen) atoms. The molecule has 1 aliphatic carbocycles. The molecule has 0 aromatic carbocycles. The summed E-state index contributed by atoms with van der Waals surface area (Å²) in [6, 6.07) is 0. The summed E-state index contributed by atoms with van der Waals surface area (Å²) in [5.74, 6) is 5.73. The maximum Gasteiger partial charge on any atom is 0.239 e. The third-order valence-electron chi connectivity index (χ3n) is 2.67. The molecule has 0 bridgehead atoms. The Kier molecular flexibility index (Phi) is 2.18. The number of nitrogens with one attached hydrogen (secondary N) is 1. The Morgan fingerprint density at radius 1 is 1.73 bits per heavy atom. The van der Waals surface area contributed by atoms with Gasteiger partial charge in [0.2, 0.25) is 5.91 Å². The Hall–Kier alpha value is -0.570. The molecule has 0 saturated heterocycles. The summed E-state index contributed by atoms with van der Waals surface area (Å²) >= 11 is 0. The third kappa shape index (κ3) is 1.53. The van der Waals surface area contributed by atoms with E-state index >= 15 is 0 Å². The van der Waals surface area contributed by atoms with Gasteiger partial charge >= 0.3 is 0 Å². The first-order valence-corrected chi connectivity index (χ1v) is 4.09. The van der Waals surface area contributed by atoms with Crippen LogP contribution < -0.4 is 11.3 Å². The molecule has 1 fully saturated rings. The van der Waals surface area contributed by atoms with Gasteiger partial charge in [-0.1, -0.05) is 13.8 Å². The van der Waals surface area contributed by atoms with Crippen molar-refractivity contribution in [1.29, 1.82) is 0 Å². The van der Waals surface area contributed by atoms with E-state index in [4.69, 9.17) is 5.84 Å². The van der Waals surface area contributed by atoms with Crippen molar-refractivity contribution in [1.82, 2.24) is 5.43 Å². The van der Waals surface area contributed by atoms with E-state index in [1.54, 1.807) is 0 Å². The highest BCUT2D eigenvalue weighted by atomic mass is 16.2. The molecule has 0 aromatic heterocycles. The lowest BCUT2D eigenvalue weighted by Gasteiger charge is -2.20. The normalized spacial score (nSPS) is 37.2. The molecule has 0 aliphatic heterocycles. The van der Waals surface area contributed by atoms with Gasteiger partial charge in [-0.05, 0) is 25.2 Å². The van der Waals surface area contributed by atoms with Crippen molar-refractivity contribution in [3.05, 3.63) is 0 Å². The van der Waals surface area contributed by atoms with Gasteiger partial charge in [0.25, 0.3) is 0 Å². The minimum atomic E-state index is -0.200. The smallest absolute Gasteiger partial charge is 0.239 e. The summed E-state index contributed by atoms with van der Waals surface area (Å²) in [5.41, 5.74) is 2.03. The number of hydrazine groups is 1. The number of nitrogens with two attached hydrogens (primary N) is 1. The van der Waals surface area contributed by atoms with Crippen molar-refractivity contribution >= 4 is 5.91 Å². The Balaban J connectivity index is 2.61. The largest absolute Gasteiger partial charge is 0.294 e. The molecule has 64 valence electrons. The maximum absolute atomic E-state index is 11.2. The molecule has 3 nitrogen and oxygen atoms in total. The fraction of sp³-hybridized carbons (Fsp3) is 0.875. The summed E-state index contributed by atoms with van der Waals surface area (Å²) < 4.78 is 0. The average Bonchev–Trinajstić information content (AvgIpc) is 2.31. The second-order valence-corrected chi connectivity index (χ2v) is 3.88. The number of carbonyl (C=O) groups excluding carboxylic acids is 1. The van der Waals surface area contributed by atoms with Crippen LogP contribution in [0, 0.1) is 11.3 Å². The molecule has 3 heteroatoms. The van der Waals surface area contributed by atoms with Crippen molar-refractivity contribution in [2.45, 2.75) is 33.1 Å². The molecular formula is C8H16N2O.